The van der Waals surface area contributed by atoms with E-state index in [1.807, 2.05) is 48.5 Å². The fraction of sp³-hybridized carbons (Fsp3) is 0.200. The molecule has 0 radical (unpaired) electrons. The van der Waals surface area contributed by atoms with Crippen LogP contribution >= 0.6 is 0 Å². The van der Waals surface area contributed by atoms with Crippen molar-refractivity contribution in [3.8, 4) is 11.4 Å². The Kier molecular flexibility index (Phi) is 4.64. The second kappa shape index (κ2) is 7.12. The van der Waals surface area contributed by atoms with Crippen molar-refractivity contribution in [1.29, 1.82) is 0 Å². The molecule has 0 aliphatic carbocycles. The van der Waals surface area contributed by atoms with Gasteiger partial charge in [-0.1, -0.05) is 36.4 Å². The standard InChI is InChI=1S/C20H19N3O4S/c1-14(27-16-10-6-3-7-11-16)20(24)21-19-17-12-28(25,26)13-18(17)22-23(19)15-8-4-2-5-9-15/h2-11,14H,12-13H2,1H3,(H,21,24)/t14-/m1/s1. The van der Waals surface area contributed by atoms with Gasteiger partial charge in [0.25, 0.3) is 5.91 Å². The van der Waals surface area contributed by atoms with Crippen LogP contribution in [0.25, 0.3) is 5.69 Å². The Morgan fingerprint density at radius 2 is 1.71 bits per heavy atom. The third-order valence-corrected chi connectivity index (χ3v) is 5.90. The maximum atomic E-state index is 12.7. The van der Waals surface area contributed by atoms with Gasteiger partial charge in [-0.3, -0.25) is 4.79 Å². The number of sulfone groups is 1. The van der Waals surface area contributed by atoms with Crippen LogP contribution in [0.2, 0.25) is 0 Å². The molecule has 0 fully saturated rings. The number of aromatic nitrogens is 2. The molecule has 7 nitrogen and oxygen atoms in total. The molecule has 1 aliphatic rings. The van der Waals surface area contributed by atoms with E-state index in [4.69, 9.17) is 4.74 Å². The number of hydrogen-bond donors (Lipinski definition) is 1. The van der Waals surface area contributed by atoms with E-state index in [0.717, 1.165) is 5.69 Å². The molecule has 8 heteroatoms. The number of nitrogens with zero attached hydrogens (tertiary/aromatic N) is 2. The van der Waals surface area contributed by atoms with Crippen LogP contribution in [0.15, 0.2) is 60.7 Å². The van der Waals surface area contributed by atoms with Gasteiger partial charge in [-0.05, 0) is 31.2 Å². The van der Waals surface area contributed by atoms with Gasteiger partial charge in [-0.2, -0.15) is 5.10 Å². The maximum Gasteiger partial charge on any atom is 0.266 e. The summed E-state index contributed by atoms with van der Waals surface area (Å²) < 4.78 is 31.3. The molecule has 1 atom stereocenters. The molecule has 144 valence electrons. The van der Waals surface area contributed by atoms with Crippen LogP contribution in [0, 0.1) is 0 Å². The summed E-state index contributed by atoms with van der Waals surface area (Å²) >= 11 is 0. The number of hydrogen-bond acceptors (Lipinski definition) is 5. The predicted molar refractivity (Wildman–Crippen MR) is 105 cm³/mol. The zero-order valence-corrected chi connectivity index (χ0v) is 16.0. The minimum absolute atomic E-state index is 0.124. The van der Waals surface area contributed by atoms with E-state index in [1.54, 1.807) is 23.7 Å². The lowest BCUT2D eigenvalue weighted by Crippen LogP contribution is -2.31. The minimum atomic E-state index is -3.25. The van der Waals surface area contributed by atoms with Crippen molar-refractivity contribution in [2.45, 2.75) is 24.5 Å². The summed E-state index contributed by atoms with van der Waals surface area (Å²) in [6, 6.07) is 18.3. The monoisotopic (exact) mass is 397 g/mol. The number of para-hydroxylation sites is 2. The van der Waals surface area contributed by atoms with Crippen LogP contribution in [0.4, 0.5) is 5.82 Å². The Balaban J connectivity index is 1.64. The Hall–Kier alpha value is -3.13. The Labute approximate surface area is 162 Å². The van der Waals surface area contributed by atoms with Crippen molar-refractivity contribution >= 4 is 21.6 Å². The molecule has 0 saturated carbocycles. The van der Waals surface area contributed by atoms with Gasteiger partial charge >= 0.3 is 0 Å². The highest BCUT2D eigenvalue weighted by molar-refractivity contribution is 7.90. The first-order chi connectivity index (χ1) is 13.4. The van der Waals surface area contributed by atoms with E-state index < -0.39 is 15.9 Å². The fourth-order valence-electron chi connectivity index (χ4n) is 3.10. The number of ether oxygens (including phenoxy) is 1. The lowest BCUT2D eigenvalue weighted by molar-refractivity contribution is -0.122. The number of anilines is 1. The number of carbonyl (C=O) groups excluding carboxylic acids is 1. The second-order valence-corrected chi connectivity index (χ2v) is 8.68. The molecule has 1 N–H and O–H groups in total. The van der Waals surface area contributed by atoms with Gasteiger partial charge in [0.15, 0.2) is 15.9 Å². The van der Waals surface area contributed by atoms with Crippen LogP contribution in [-0.2, 0) is 26.1 Å². The highest BCUT2D eigenvalue weighted by Crippen LogP contribution is 2.33. The molecule has 1 amide bonds. The summed E-state index contributed by atoms with van der Waals surface area (Å²) in [6.45, 7) is 1.64. The van der Waals surface area contributed by atoms with E-state index in [-0.39, 0.29) is 17.4 Å². The zero-order chi connectivity index (χ0) is 19.7. The number of amides is 1. The number of nitrogens with one attached hydrogen (secondary N) is 1. The largest absolute Gasteiger partial charge is 0.481 e. The highest BCUT2D eigenvalue weighted by atomic mass is 32.2. The molecule has 3 aromatic rings. The average molecular weight is 397 g/mol. The van der Waals surface area contributed by atoms with Crippen LogP contribution in [0.1, 0.15) is 18.2 Å². The van der Waals surface area contributed by atoms with E-state index >= 15 is 0 Å². The smallest absolute Gasteiger partial charge is 0.266 e. The molecule has 4 rings (SSSR count). The Morgan fingerprint density at radius 3 is 2.39 bits per heavy atom. The number of benzene rings is 2. The molecule has 1 aliphatic heterocycles. The van der Waals surface area contributed by atoms with Gasteiger partial charge in [-0.25, -0.2) is 13.1 Å². The third-order valence-electron chi connectivity index (χ3n) is 4.46. The summed E-state index contributed by atoms with van der Waals surface area (Å²) in [7, 11) is -3.25. The lowest BCUT2D eigenvalue weighted by Gasteiger charge is -2.16. The Morgan fingerprint density at radius 1 is 1.07 bits per heavy atom. The first-order valence-electron chi connectivity index (χ1n) is 8.82. The molecule has 0 unspecified atom stereocenters. The van der Waals surface area contributed by atoms with Crippen LogP contribution in [-0.4, -0.2) is 30.2 Å². The molecule has 0 bridgehead atoms. The van der Waals surface area contributed by atoms with Crippen molar-refractivity contribution in [3.63, 3.8) is 0 Å². The average Bonchev–Trinajstić information content (AvgIpc) is 3.15. The molecule has 2 heterocycles. The van der Waals surface area contributed by atoms with E-state index in [1.165, 1.54) is 0 Å². The van der Waals surface area contributed by atoms with Crippen LogP contribution < -0.4 is 10.1 Å². The van der Waals surface area contributed by atoms with E-state index in [9.17, 15) is 13.2 Å². The summed E-state index contributed by atoms with van der Waals surface area (Å²) in [5.41, 5.74) is 1.74. The van der Waals surface area contributed by atoms with Crippen molar-refractivity contribution in [1.82, 2.24) is 9.78 Å². The van der Waals surface area contributed by atoms with Crippen LogP contribution in [0.3, 0.4) is 0 Å². The molecule has 1 aromatic heterocycles. The van der Waals surface area contributed by atoms with Crippen molar-refractivity contribution in [2.75, 3.05) is 5.32 Å². The van der Waals surface area contributed by atoms with Gasteiger partial charge in [0, 0.05) is 5.56 Å². The zero-order valence-electron chi connectivity index (χ0n) is 15.2. The molecule has 0 spiro atoms. The van der Waals surface area contributed by atoms with Gasteiger partial charge in [0.1, 0.15) is 11.6 Å². The van der Waals surface area contributed by atoms with E-state index in [2.05, 4.69) is 10.4 Å². The van der Waals surface area contributed by atoms with E-state index in [0.29, 0.717) is 22.8 Å². The number of rotatable bonds is 5. The predicted octanol–water partition coefficient (Wildman–Crippen LogP) is 2.71. The Bertz CT molecular complexity index is 1110. The third kappa shape index (κ3) is 3.63. The molecule has 28 heavy (non-hydrogen) atoms. The fourth-order valence-corrected chi connectivity index (χ4v) is 4.60. The molecular weight excluding hydrogens is 378 g/mol. The lowest BCUT2D eigenvalue weighted by atomic mass is 10.2. The quantitative estimate of drug-likeness (QED) is 0.715. The first kappa shape index (κ1) is 18.2. The highest BCUT2D eigenvalue weighted by Gasteiger charge is 2.33. The summed E-state index contributed by atoms with van der Waals surface area (Å²) in [6.07, 6.45) is -0.768. The topological polar surface area (TPSA) is 90.3 Å². The normalized spacial score (nSPS) is 15.6. The molecular formula is C20H19N3O4S. The van der Waals surface area contributed by atoms with Gasteiger partial charge in [0.05, 0.1) is 22.9 Å². The van der Waals surface area contributed by atoms with Gasteiger partial charge < -0.3 is 10.1 Å². The summed E-state index contributed by atoms with van der Waals surface area (Å²) in [5.74, 6) is 0.304. The summed E-state index contributed by atoms with van der Waals surface area (Å²) in [4.78, 5) is 12.7. The van der Waals surface area contributed by atoms with Crippen molar-refractivity contribution in [2.24, 2.45) is 0 Å². The summed E-state index contributed by atoms with van der Waals surface area (Å²) in [5, 5.41) is 7.25. The number of fused-ring (bicyclic) bond motifs is 1. The SMILES string of the molecule is C[C@@H](Oc1ccccc1)C(=O)Nc1c2c(nn1-c1ccccc1)CS(=O)(=O)C2. The van der Waals surface area contributed by atoms with Crippen molar-refractivity contribution in [3.05, 3.63) is 71.9 Å². The second-order valence-electron chi connectivity index (χ2n) is 6.62. The van der Waals surface area contributed by atoms with Crippen LogP contribution in [0.5, 0.6) is 5.75 Å². The minimum Gasteiger partial charge on any atom is -0.481 e. The number of carbonyl (C=O) groups is 1. The molecule has 2 aromatic carbocycles. The van der Waals surface area contributed by atoms with Gasteiger partial charge in [0.2, 0.25) is 0 Å². The maximum absolute atomic E-state index is 12.7. The molecule has 0 saturated heterocycles. The first-order valence-corrected chi connectivity index (χ1v) is 10.6. The van der Waals surface area contributed by atoms with Gasteiger partial charge in [-0.15, -0.1) is 0 Å². The van der Waals surface area contributed by atoms with Crippen molar-refractivity contribution < 1.29 is 17.9 Å².